The molecule has 2 aromatic rings. The number of amides is 1. The van der Waals surface area contributed by atoms with Crippen LogP contribution in [0.15, 0.2) is 42.6 Å². The van der Waals surface area contributed by atoms with E-state index in [4.69, 9.17) is 0 Å². The second-order valence-electron chi connectivity index (χ2n) is 5.45. The summed E-state index contributed by atoms with van der Waals surface area (Å²) in [6, 6.07) is 9.71. The van der Waals surface area contributed by atoms with E-state index in [1.807, 2.05) is 14.1 Å². The molecule has 0 spiro atoms. The number of rotatable bonds is 7. The zero-order chi connectivity index (χ0) is 16.7. The molecule has 0 aliphatic rings. The van der Waals surface area contributed by atoms with Gasteiger partial charge in [0.1, 0.15) is 11.5 Å². The Morgan fingerprint density at radius 1 is 1.22 bits per heavy atom. The molecule has 1 heterocycles. The van der Waals surface area contributed by atoms with E-state index in [-0.39, 0.29) is 11.7 Å². The van der Waals surface area contributed by atoms with Gasteiger partial charge in [0.05, 0.1) is 17.6 Å². The van der Waals surface area contributed by atoms with E-state index in [9.17, 15) is 9.18 Å². The molecule has 0 saturated carbocycles. The highest BCUT2D eigenvalue weighted by atomic mass is 19.1. The lowest BCUT2D eigenvalue weighted by Crippen LogP contribution is -2.27. The lowest BCUT2D eigenvalue weighted by Gasteiger charge is -2.10. The van der Waals surface area contributed by atoms with E-state index >= 15 is 0 Å². The fourth-order valence-corrected chi connectivity index (χ4v) is 2.01. The summed E-state index contributed by atoms with van der Waals surface area (Å²) in [6.07, 6.45) is 2.40. The summed E-state index contributed by atoms with van der Waals surface area (Å²) in [7, 11) is 3.98. The highest BCUT2D eigenvalue weighted by Gasteiger charge is 2.07. The fourth-order valence-electron chi connectivity index (χ4n) is 2.01. The third-order valence-corrected chi connectivity index (χ3v) is 3.22. The van der Waals surface area contributed by atoms with Gasteiger partial charge in [-0.15, -0.1) is 0 Å². The lowest BCUT2D eigenvalue weighted by atomic mass is 10.2. The van der Waals surface area contributed by atoms with Gasteiger partial charge in [-0.3, -0.25) is 4.79 Å². The maximum Gasteiger partial charge on any atom is 0.269 e. The second kappa shape index (κ2) is 8.24. The number of nitrogens with zero attached hydrogens (tertiary/aromatic N) is 2. The van der Waals surface area contributed by atoms with Gasteiger partial charge in [-0.1, -0.05) is 12.1 Å². The van der Waals surface area contributed by atoms with Crippen LogP contribution in [0, 0.1) is 5.82 Å². The summed E-state index contributed by atoms with van der Waals surface area (Å²) in [4.78, 5) is 18.1. The van der Waals surface area contributed by atoms with Crippen LogP contribution in [0.3, 0.4) is 0 Å². The molecule has 1 aromatic carbocycles. The Bertz CT molecular complexity index is 643. The maximum absolute atomic E-state index is 13.6. The van der Waals surface area contributed by atoms with Crippen LogP contribution < -0.4 is 10.6 Å². The summed E-state index contributed by atoms with van der Waals surface area (Å²) >= 11 is 0. The normalized spacial score (nSPS) is 10.6. The molecule has 5 nitrogen and oxygen atoms in total. The summed E-state index contributed by atoms with van der Waals surface area (Å²) in [6.45, 7) is 1.52. The third-order valence-electron chi connectivity index (χ3n) is 3.22. The van der Waals surface area contributed by atoms with Crippen molar-refractivity contribution >= 4 is 17.3 Å². The molecule has 122 valence electrons. The summed E-state index contributed by atoms with van der Waals surface area (Å²) in [5, 5.41) is 5.75. The highest BCUT2D eigenvalue weighted by molar-refractivity contribution is 5.92. The quantitative estimate of drug-likeness (QED) is 0.771. The van der Waals surface area contributed by atoms with Crippen molar-refractivity contribution in [3.05, 3.63) is 54.1 Å². The second-order valence-corrected chi connectivity index (χ2v) is 5.45. The molecule has 0 atom stereocenters. The van der Waals surface area contributed by atoms with Crippen molar-refractivity contribution in [3.8, 4) is 0 Å². The average Bonchev–Trinajstić information content (AvgIpc) is 2.54. The Balaban J connectivity index is 1.89. The van der Waals surface area contributed by atoms with Crippen LogP contribution in [0.25, 0.3) is 0 Å². The van der Waals surface area contributed by atoms with Crippen molar-refractivity contribution < 1.29 is 9.18 Å². The Morgan fingerprint density at radius 3 is 2.65 bits per heavy atom. The lowest BCUT2D eigenvalue weighted by molar-refractivity contribution is 0.0947. The highest BCUT2D eigenvalue weighted by Crippen LogP contribution is 2.18. The molecule has 0 aliphatic carbocycles. The average molecular weight is 316 g/mol. The number of para-hydroxylation sites is 1. The van der Waals surface area contributed by atoms with Gasteiger partial charge in [0.15, 0.2) is 0 Å². The van der Waals surface area contributed by atoms with E-state index in [1.165, 1.54) is 12.3 Å². The Hall–Kier alpha value is -2.47. The van der Waals surface area contributed by atoms with Crippen LogP contribution in [0.4, 0.5) is 15.8 Å². The predicted octanol–water partition coefficient (Wildman–Crippen LogP) is 2.65. The van der Waals surface area contributed by atoms with Crippen LogP contribution in [0.5, 0.6) is 0 Å². The van der Waals surface area contributed by atoms with Gasteiger partial charge in [-0.25, -0.2) is 9.37 Å². The van der Waals surface area contributed by atoms with E-state index in [0.717, 1.165) is 13.0 Å². The van der Waals surface area contributed by atoms with Gasteiger partial charge in [-0.05, 0) is 51.3 Å². The molecule has 2 N–H and O–H groups in total. The number of anilines is 2. The number of aromatic nitrogens is 1. The molecule has 6 heteroatoms. The molecular weight excluding hydrogens is 295 g/mol. The van der Waals surface area contributed by atoms with Gasteiger partial charge in [-0.2, -0.15) is 0 Å². The van der Waals surface area contributed by atoms with E-state index in [1.54, 1.807) is 30.3 Å². The van der Waals surface area contributed by atoms with E-state index < -0.39 is 0 Å². The molecule has 0 aliphatic heterocycles. The molecular formula is C17H21FN4O. The minimum atomic E-state index is -0.338. The van der Waals surface area contributed by atoms with Gasteiger partial charge < -0.3 is 15.5 Å². The number of halogens is 1. The monoisotopic (exact) mass is 316 g/mol. The smallest absolute Gasteiger partial charge is 0.269 e. The molecule has 0 unspecified atom stereocenters. The van der Waals surface area contributed by atoms with Crippen molar-refractivity contribution in [1.29, 1.82) is 0 Å². The number of carbonyl (C=O) groups excluding carboxylic acids is 1. The minimum Gasteiger partial charge on any atom is -0.352 e. The van der Waals surface area contributed by atoms with Crippen LogP contribution in [-0.4, -0.2) is 43.0 Å². The van der Waals surface area contributed by atoms with Crippen LogP contribution >= 0.6 is 0 Å². The first-order chi connectivity index (χ1) is 11.1. The number of pyridine rings is 1. The topological polar surface area (TPSA) is 57.3 Å². The third kappa shape index (κ3) is 5.34. The summed E-state index contributed by atoms with van der Waals surface area (Å²) < 4.78 is 13.6. The van der Waals surface area contributed by atoms with Crippen molar-refractivity contribution in [2.75, 3.05) is 32.5 Å². The first-order valence-corrected chi connectivity index (χ1v) is 7.47. The standard InChI is InChI=1S/C17H21FN4O/c1-22(2)11-5-10-19-17(23)16-9-8-13(12-20-16)21-15-7-4-3-6-14(15)18/h3-4,6-9,12,21H,5,10-11H2,1-2H3,(H,19,23). The Kier molecular flexibility index (Phi) is 6.05. The predicted molar refractivity (Wildman–Crippen MR) is 89.4 cm³/mol. The number of nitrogens with one attached hydrogen (secondary N) is 2. The SMILES string of the molecule is CN(C)CCCNC(=O)c1ccc(Nc2ccccc2F)cn1. The molecule has 0 radical (unpaired) electrons. The molecule has 2 rings (SSSR count). The largest absolute Gasteiger partial charge is 0.352 e. The number of hydrogen-bond acceptors (Lipinski definition) is 4. The zero-order valence-electron chi connectivity index (χ0n) is 13.3. The summed E-state index contributed by atoms with van der Waals surface area (Å²) in [5.41, 5.74) is 1.34. The first-order valence-electron chi connectivity index (χ1n) is 7.47. The van der Waals surface area contributed by atoms with Gasteiger partial charge in [0.25, 0.3) is 5.91 Å². The van der Waals surface area contributed by atoms with Crippen LogP contribution in [0.1, 0.15) is 16.9 Å². The molecule has 23 heavy (non-hydrogen) atoms. The van der Waals surface area contributed by atoms with E-state index in [2.05, 4.69) is 20.5 Å². The molecule has 0 fully saturated rings. The van der Waals surface area contributed by atoms with Gasteiger partial charge >= 0.3 is 0 Å². The Labute approximate surface area is 135 Å². The molecule has 1 amide bonds. The maximum atomic E-state index is 13.6. The molecule has 0 saturated heterocycles. The molecule has 0 bridgehead atoms. The number of hydrogen-bond donors (Lipinski definition) is 2. The van der Waals surface area contributed by atoms with Gasteiger partial charge in [0.2, 0.25) is 0 Å². The van der Waals surface area contributed by atoms with Crippen molar-refractivity contribution in [2.45, 2.75) is 6.42 Å². The number of benzene rings is 1. The Morgan fingerprint density at radius 2 is 2.00 bits per heavy atom. The number of carbonyl (C=O) groups is 1. The van der Waals surface area contributed by atoms with Crippen LogP contribution in [0.2, 0.25) is 0 Å². The van der Waals surface area contributed by atoms with Crippen molar-refractivity contribution in [1.82, 2.24) is 15.2 Å². The first kappa shape index (κ1) is 16.9. The fraction of sp³-hybridized carbons (Fsp3) is 0.294. The van der Waals surface area contributed by atoms with E-state index in [0.29, 0.717) is 23.6 Å². The summed E-state index contributed by atoms with van der Waals surface area (Å²) in [5.74, 6) is -0.545. The van der Waals surface area contributed by atoms with Crippen molar-refractivity contribution in [2.24, 2.45) is 0 Å². The zero-order valence-corrected chi connectivity index (χ0v) is 13.3. The van der Waals surface area contributed by atoms with Crippen molar-refractivity contribution in [3.63, 3.8) is 0 Å². The molecule has 1 aromatic heterocycles. The van der Waals surface area contributed by atoms with Crippen LogP contribution in [-0.2, 0) is 0 Å². The van der Waals surface area contributed by atoms with Gasteiger partial charge in [0, 0.05) is 6.54 Å². The minimum absolute atomic E-state index is 0.207.